The number of H-pyrrole nitrogens is 1. The molecule has 6 rings (SSSR count). The van der Waals surface area contributed by atoms with Crippen LogP contribution in [0.15, 0.2) is 30.9 Å². The van der Waals surface area contributed by atoms with E-state index in [1.807, 2.05) is 0 Å². The van der Waals surface area contributed by atoms with Crippen molar-refractivity contribution in [3.8, 4) is 0 Å². The van der Waals surface area contributed by atoms with Crippen LogP contribution in [-0.4, -0.2) is 96.3 Å². The molecule has 1 aliphatic heterocycles. The molecule has 226 valence electrons. The highest BCUT2D eigenvalue weighted by Crippen LogP contribution is 2.37. The van der Waals surface area contributed by atoms with Gasteiger partial charge in [0.05, 0.1) is 24.0 Å². The van der Waals surface area contributed by atoms with E-state index >= 15 is 0 Å². The summed E-state index contributed by atoms with van der Waals surface area (Å²) in [5.74, 6) is 1.92. The smallest absolute Gasteiger partial charge is 0.167 e. The number of aromatic amines is 1. The van der Waals surface area contributed by atoms with Crippen LogP contribution in [-0.2, 0) is 21.3 Å². The highest BCUT2D eigenvalue weighted by molar-refractivity contribution is 5.81. The Morgan fingerprint density at radius 2 is 2.02 bits per heavy atom. The molecule has 12 nitrogen and oxygen atoms in total. The maximum absolute atomic E-state index is 10.8. The average Bonchev–Trinajstić information content (AvgIpc) is 3.64. The molecule has 12 heteroatoms. The summed E-state index contributed by atoms with van der Waals surface area (Å²) in [5.41, 5.74) is 10.1. The average molecular weight is 579 g/mol. The van der Waals surface area contributed by atoms with E-state index in [1.54, 1.807) is 11.7 Å². The molecule has 5 N–H and O–H groups in total. The van der Waals surface area contributed by atoms with Gasteiger partial charge in [-0.3, -0.25) is 4.57 Å². The Labute approximate surface area is 245 Å². The normalized spacial score (nSPS) is 27.6. The molecular weight excluding hydrogens is 536 g/mol. The quantitative estimate of drug-likeness (QED) is 0.208. The summed E-state index contributed by atoms with van der Waals surface area (Å²) >= 11 is 0. The lowest BCUT2D eigenvalue weighted by atomic mass is 9.76. The first-order valence-corrected chi connectivity index (χ1v) is 14.8. The number of anilines is 1. The van der Waals surface area contributed by atoms with E-state index in [9.17, 15) is 10.2 Å². The zero-order chi connectivity index (χ0) is 29.6. The van der Waals surface area contributed by atoms with Crippen LogP contribution in [0.5, 0.6) is 0 Å². The standard InChI is InChI=1S/C30H42N8O4/c1-5-30(2,14-41-4)18-7-8-20-21(12-18)36-23(35-20)9-6-17-10-19(11-17)37(3)13-22-25(39)26(40)29(42-22)38-16-34-24-27(31)32-15-33-28(24)38/h7-8,12,15-17,19,22,25-26,29,39-40H,5-6,9-11,13-14H2,1-4H3,(H,35,36)(H2,31,32,33)/t17?,19?,22?,25?,26-,29-,30?/m1/s1. The number of fused-ring (bicyclic) bond motifs is 2. The summed E-state index contributed by atoms with van der Waals surface area (Å²) in [4.78, 5) is 23.1. The fourth-order valence-electron chi connectivity index (χ4n) is 6.50. The molecule has 1 aromatic carbocycles. The molecule has 0 spiro atoms. The molecule has 3 aromatic heterocycles. The van der Waals surface area contributed by atoms with Crippen molar-refractivity contribution in [3.63, 3.8) is 0 Å². The van der Waals surface area contributed by atoms with Gasteiger partial charge in [-0.15, -0.1) is 0 Å². The number of imidazole rings is 2. The van der Waals surface area contributed by atoms with Gasteiger partial charge in [0, 0.05) is 31.5 Å². The second-order valence-electron chi connectivity index (χ2n) is 12.4. The number of methoxy groups -OCH3 is 1. The van der Waals surface area contributed by atoms with Crippen molar-refractivity contribution in [2.45, 2.75) is 81.9 Å². The molecule has 0 radical (unpaired) electrons. The SMILES string of the molecule is CCC(C)(COC)c1ccc2[nH]c(CCC3CC(N(C)CC4O[C@@H](n5cnc6c(N)ncnc65)[C@H](O)C4O)C3)nc2c1. The summed E-state index contributed by atoms with van der Waals surface area (Å²) in [7, 11) is 3.81. The van der Waals surface area contributed by atoms with Gasteiger partial charge in [-0.1, -0.05) is 19.9 Å². The maximum Gasteiger partial charge on any atom is 0.167 e. The Balaban J connectivity index is 1.01. The minimum absolute atomic E-state index is 0.0229. The van der Waals surface area contributed by atoms with Gasteiger partial charge in [0.15, 0.2) is 17.7 Å². The van der Waals surface area contributed by atoms with E-state index in [2.05, 4.69) is 63.9 Å². The van der Waals surface area contributed by atoms with Crippen LogP contribution >= 0.6 is 0 Å². The van der Waals surface area contributed by atoms with E-state index in [-0.39, 0.29) is 11.2 Å². The van der Waals surface area contributed by atoms with Crippen molar-refractivity contribution in [3.05, 3.63) is 42.2 Å². The first-order chi connectivity index (χ1) is 20.2. The molecule has 0 bridgehead atoms. The maximum atomic E-state index is 10.8. The Kier molecular flexibility index (Phi) is 7.92. The van der Waals surface area contributed by atoms with Gasteiger partial charge < -0.3 is 35.3 Å². The van der Waals surface area contributed by atoms with Crippen molar-refractivity contribution in [2.24, 2.45) is 5.92 Å². The number of aromatic nitrogens is 6. The number of nitrogen functional groups attached to an aromatic ring is 1. The minimum Gasteiger partial charge on any atom is -0.387 e. The van der Waals surface area contributed by atoms with Gasteiger partial charge in [0.25, 0.3) is 0 Å². The van der Waals surface area contributed by atoms with E-state index in [1.165, 1.54) is 18.2 Å². The lowest BCUT2D eigenvalue weighted by molar-refractivity contribution is -0.0514. The Morgan fingerprint density at radius 3 is 2.79 bits per heavy atom. The molecule has 4 aromatic rings. The molecule has 2 aliphatic rings. The summed E-state index contributed by atoms with van der Waals surface area (Å²) in [6.07, 6.45) is 4.56. The fraction of sp³-hybridized carbons (Fsp3) is 0.600. The van der Waals surface area contributed by atoms with Crippen LogP contribution in [0.2, 0.25) is 0 Å². The number of ether oxygens (including phenoxy) is 2. The number of nitrogens with zero attached hydrogens (tertiary/aromatic N) is 6. The summed E-state index contributed by atoms with van der Waals surface area (Å²) in [5, 5.41) is 21.6. The number of nitrogens with one attached hydrogen (secondary N) is 1. The largest absolute Gasteiger partial charge is 0.387 e. The predicted molar refractivity (Wildman–Crippen MR) is 159 cm³/mol. The number of rotatable bonds is 11. The Bertz CT molecular complexity index is 1530. The monoisotopic (exact) mass is 578 g/mol. The summed E-state index contributed by atoms with van der Waals surface area (Å²) in [6.45, 7) is 5.63. The molecule has 1 saturated carbocycles. The number of likely N-dealkylation sites (N-methyl/N-ethyl adjacent to an activating group) is 1. The zero-order valence-electron chi connectivity index (χ0n) is 24.8. The zero-order valence-corrected chi connectivity index (χ0v) is 24.8. The third kappa shape index (κ3) is 5.26. The number of aryl methyl sites for hydroxylation is 1. The highest BCUT2D eigenvalue weighted by atomic mass is 16.6. The summed E-state index contributed by atoms with van der Waals surface area (Å²) < 4.78 is 13.2. The van der Waals surface area contributed by atoms with Crippen molar-refractivity contribution < 1.29 is 19.7 Å². The number of benzene rings is 1. The second-order valence-corrected chi connectivity index (χ2v) is 12.4. The van der Waals surface area contributed by atoms with E-state index in [0.29, 0.717) is 36.3 Å². The molecule has 4 heterocycles. The molecule has 2 fully saturated rings. The third-order valence-corrected chi connectivity index (χ3v) is 9.56. The molecule has 42 heavy (non-hydrogen) atoms. The van der Waals surface area contributed by atoms with Crippen LogP contribution in [0.3, 0.4) is 0 Å². The van der Waals surface area contributed by atoms with Crippen molar-refractivity contribution in [1.29, 1.82) is 0 Å². The number of aliphatic hydroxyl groups is 2. The number of hydrogen-bond donors (Lipinski definition) is 4. The van der Waals surface area contributed by atoms with Gasteiger partial charge in [-0.2, -0.15) is 0 Å². The van der Waals surface area contributed by atoms with Gasteiger partial charge >= 0.3 is 0 Å². The van der Waals surface area contributed by atoms with Gasteiger partial charge in [-0.05, 0) is 56.3 Å². The molecule has 1 saturated heterocycles. The van der Waals surface area contributed by atoms with E-state index in [4.69, 9.17) is 20.2 Å². The van der Waals surface area contributed by atoms with Crippen molar-refractivity contribution >= 4 is 28.0 Å². The van der Waals surface area contributed by atoms with E-state index < -0.39 is 24.5 Å². The van der Waals surface area contributed by atoms with Gasteiger partial charge in [0.2, 0.25) is 0 Å². The van der Waals surface area contributed by atoms with Crippen LogP contribution in [0.4, 0.5) is 5.82 Å². The van der Waals surface area contributed by atoms with Gasteiger partial charge in [0.1, 0.15) is 36.0 Å². The number of hydrogen-bond acceptors (Lipinski definition) is 10. The Hall–Kier alpha value is -3.16. The van der Waals surface area contributed by atoms with Crippen LogP contribution < -0.4 is 5.73 Å². The first-order valence-electron chi connectivity index (χ1n) is 14.8. The topological polar surface area (TPSA) is 160 Å². The lowest BCUT2D eigenvalue weighted by Crippen LogP contribution is -2.47. The van der Waals surface area contributed by atoms with Crippen LogP contribution in [0.25, 0.3) is 22.2 Å². The molecule has 1 aliphatic carbocycles. The molecule has 5 atom stereocenters. The number of aliphatic hydroxyl groups excluding tert-OH is 2. The van der Waals surface area contributed by atoms with Crippen LogP contribution in [0, 0.1) is 5.92 Å². The van der Waals surface area contributed by atoms with E-state index in [0.717, 1.165) is 49.0 Å². The lowest BCUT2D eigenvalue weighted by Gasteiger charge is -2.42. The van der Waals surface area contributed by atoms with Gasteiger partial charge in [-0.25, -0.2) is 19.9 Å². The Morgan fingerprint density at radius 1 is 1.21 bits per heavy atom. The predicted octanol–water partition coefficient (Wildman–Crippen LogP) is 2.56. The van der Waals surface area contributed by atoms with Crippen LogP contribution in [0.1, 0.15) is 57.1 Å². The highest BCUT2D eigenvalue weighted by Gasteiger charge is 2.45. The molecule has 3 unspecified atom stereocenters. The molecular formula is C30H42N8O4. The third-order valence-electron chi connectivity index (χ3n) is 9.56. The second kappa shape index (κ2) is 11.5. The number of nitrogens with two attached hydrogens (primary N) is 1. The van der Waals surface area contributed by atoms with Crippen molar-refractivity contribution in [1.82, 2.24) is 34.4 Å². The first kappa shape index (κ1) is 28.9. The molecule has 0 amide bonds. The fourth-order valence-corrected chi connectivity index (χ4v) is 6.50. The minimum atomic E-state index is -1.11. The van der Waals surface area contributed by atoms with Crippen molar-refractivity contribution in [2.75, 3.05) is 33.0 Å². The summed E-state index contributed by atoms with van der Waals surface area (Å²) in [6, 6.07) is 6.94.